The molecule has 1 N–H and O–H groups in total. The van der Waals surface area contributed by atoms with Crippen LogP contribution in [-0.4, -0.2) is 11.1 Å². The molecular weight excluding hydrogens is 216 g/mol. The summed E-state index contributed by atoms with van der Waals surface area (Å²) in [5.41, 5.74) is 1.22. The highest BCUT2D eigenvalue weighted by Gasteiger charge is 2.05. The van der Waals surface area contributed by atoms with Gasteiger partial charge in [0.2, 0.25) is 0 Å². The first-order chi connectivity index (χ1) is 8.02. The number of allylic oxidation sites excluding steroid dienone is 1. The first kappa shape index (κ1) is 13.3. The van der Waals surface area contributed by atoms with Gasteiger partial charge in [0.1, 0.15) is 5.75 Å². The third-order valence-electron chi connectivity index (χ3n) is 2.61. The maximum atomic E-state index is 11.2. The number of rotatable bonds is 4. The molecule has 1 aromatic carbocycles. The number of hydrogen-bond donors (Lipinski definition) is 1. The smallest absolute Gasteiger partial charge is 0.339 e. The number of ether oxygens (including phenoxy) is 1. The van der Waals surface area contributed by atoms with E-state index in [-0.39, 0.29) is 5.76 Å². The van der Waals surface area contributed by atoms with Gasteiger partial charge in [-0.3, -0.25) is 0 Å². The molecule has 0 saturated heterocycles. The topological polar surface area (TPSA) is 46.5 Å². The van der Waals surface area contributed by atoms with E-state index in [1.165, 1.54) is 12.5 Å². The van der Waals surface area contributed by atoms with Crippen molar-refractivity contribution in [2.24, 2.45) is 0 Å². The molecule has 0 aliphatic carbocycles. The summed E-state index contributed by atoms with van der Waals surface area (Å²) in [6.07, 6.45) is 2.12. The average Bonchev–Trinajstić information content (AvgIpc) is 2.28. The largest absolute Gasteiger partial charge is 0.512 e. The molecule has 3 nitrogen and oxygen atoms in total. The number of carbonyl (C=O) groups is 1. The van der Waals surface area contributed by atoms with Crippen LogP contribution in [0.15, 0.2) is 36.1 Å². The zero-order chi connectivity index (χ0) is 12.8. The highest BCUT2D eigenvalue weighted by Crippen LogP contribution is 2.21. The van der Waals surface area contributed by atoms with Crippen LogP contribution in [-0.2, 0) is 4.79 Å². The minimum absolute atomic E-state index is 0.0637. The first-order valence-electron chi connectivity index (χ1n) is 5.72. The van der Waals surface area contributed by atoms with Crippen molar-refractivity contribution in [3.8, 4) is 5.75 Å². The number of carbonyl (C=O) groups excluding carboxylic acids is 1. The number of aliphatic hydroxyl groups is 1. The lowest BCUT2D eigenvalue weighted by atomic mass is 9.99. The molecule has 0 spiro atoms. The van der Waals surface area contributed by atoms with Crippen LogP contribution in [0.2, 0.25) is 0 Å². The summed E-state index contributed by atoms with van der Waals surface area (Å²) in [5.74, 6) is 0.353. The van der Waals surface area contributed by atoms with Crippen LogP contribution in [0.1, 0.15) is 38.7 Å². The first-order valence-corrected chi connectivity index (χ1v) is 5.72. The van der Waals surface area contributed by atoms with Crippen molar-refractivity contribution < 1.29 is 14.6 Å². The second-order valence-electron chi connectivity index (χ2n) is 4.09. The molecule has 0 bridgehead atoms. The van der Waals surface area contributed by atoms with E-state index in [1.807, 2.05) is 12.1 Å². The van der Waals surface area contributed by atoms with Gasteiger partial charge in [0.15, 0.2) is 0 Å². The standard InChI is InChI=1S/C14H18O3/c1-4-10(2)12-5-7-13(8-6-12)17-14(16)9-11(3)15/h5-10,15H,4H2,1-3H3. The van der Waals surface area contributed by atoms with Gasteiger partial charge in [0, 0.05) is 0 Å². The molecule has 17 heavy (non-hydrogen) atoms. The van der Waals surface area contributed by atoms with E-state index in [0.29, 0.717) is 11.7 Å². The average molecular weight is 234 g/mol. The molecule has 1 unspecified atom stereocenters. The molecule has 0 aliphatic rings. The summed E-state index contributed by atoms with van der Waals surface area (Å²) in [4.78, 5) is 11.2. The van der Waals surface area contributed by atoms with Gasteiger partial charge in [-0.1, -0.05) is 26.0 Å². The molecule has 0 saturated carbocycles. The highest BCUT2D eigenvalue weighted by molar-refractivity contribution is 5.84. The number of hydrogen-bond acceptors (Lipinski definition) is 3. The normalized spacial score (nSPS) is 13.2. The molecule has 0 heterocycles. The van der Waals surface area contributed by atoms with E-state index in [9.17, 15) is 4.79 Å². The van der Waals surface area contributed by atoms with Crippen molar-refractivity contribution in [1.82, 2.24) is 0 Å². The number of aliphatic hydroxyl groups excluding tert-OH is 1. The predicted molar refractivity (Wildman–Crippen MR) is 67.2 cm³/mol. The summed E-state index contributed by atoms with van der Waals surface area (Å²) >= 11 is 0. The Morgan fingerprint density at radius 2 is 2.00 bits per heavy atom. The number of esters is 1. The van der Waals surface area contributed by atoms with Gasteiger partial charge in [-0.05, 0) is 37.0 Å². The van der Waals surface area contributed by atoms with Crippen molar-refractivity contribution >= 4 is 5.97 Å². The predicted octanol–water partition coefficient (Wildman–Crippen LogP) is 3.57. The van der Waals surface area contributed by atoms with Gasteiger partial charge in [0.25, 0.3) is 0 Å². The Labute approximate surface area is 102 Å². The summed E-state index contributed by atoms with van der Waals surface area (Å²) in [5, 5.41) is 8.91. The molecule has 92 valence electrons. The molecule has 0 aliphatic heterocycles. The van der Waals surface area contributed by atoms with Gasteiger partial charge in [0.05, 0.1) is 11.8 Å². The van der Waals surface area contributed by atoms with Gasteiger partial charge < -0.3 is 9.84 Å². The fourth-order valence-electron chi connectivity index (χ4n) is 1.42. The molecule has 0 fully saturated rings. The lowest BCUT2D eigenvalue weighted by Crippen LogP contribution is -2.04. The van der Waals surface area contributed by atoms with Crippen LogP contribution >= 0.6 is 0 Å². The van der Waals surface area contributed by atoms with Crippen LogP contribution in [0.3, 0.4) is 0 Å². The Hall–Kier alpha value is -1.77. The second-order valence-corrected chi connectivity index (χ2v) is 4.09. The maximum absolute atomic E-state index is 11.2. The molecular formula is C14H18O3. The van der Waals surface area contributed by atoms with Crippen molar-refractivity contribution in [2.45, 2.75) is 33.1 Å². The van der Waals surface area contributed by atoms with Crippen LogP contribution in [0.4, 0.5) is 0 Å². The Morgan fingerprint density at radius 1 is 1.41 bits per heavy atom. The lowest BCUT2D eigenvalue weighted by Gasteiger charge is -2.09. The Bertz CT molecular complexity index is 400. The third-order valence-corrected chi connectivity index (χ3v) is 2.61. The van der Waals surface area contributed by atoms with Crippen molar-refractivity contribution in [3.63, 3.8) is 0 Å². The SMILES string of the molecule is CCC(C)c1ccc(OC(=O)C=C(C)O)cc1. The number of benzene rings is 1. The zero-order valence-electron chi connectivity index (χ0n) is 10.4. The lowest BCUT2D eigenvalue weighted by molar-refractivity contribution is -0.129. The summed E-state index contributed by atoms with van der Waals surface area (Å²) in [6, 6.07) is 7.43. The van der Waals surface area contributed by atoms with Crippen LogP contribution in [0.5, 0.6) is 5.75 Å². The zero-order valence-corrected chi connectivity index (χ0v) is 10.4. The Balaban J connectivity index is 2.69. The van der Waals surface area contributed by atoms with E-state index < -0.39 is 5.97 Å². The molecule has 1 aromatic rings. The molecule has 0 amide bonds. The third kappa shape index (κ3) is 4.31. The van der Waals surface area contributed by atoms with E-state index in [4.69, 9.17) is 9.84 Å². The summed E-state index contributed by atoms with van der Waals surface area (Å²) in [7, 11) is 0. The van der Waals surface area contributed by atoms with Gasteiger partial charge in [-0.2, -0.15) is 0 Å². The minimum atomic E-state index is -0.568. The molecule has 0 radical (unpaired) electrons. The van der Waals surface area contributed by atoms with Gasteiger partial charge in [-0.15, -0.1) is 0 Å². The van der Waals surface area contributed by atoms with Crippen LogP contribution in [0.25, 0.3) is 0 Å². The summed E-state index contributed by atoms with van der Waals surface area (Å²) in [6.45, 7) is 5.71. The van der Waals surface area contributed by atoms with E-state index in [0.717, 1.165) is 12.5 Å². The van der Waals surface area contributed by atoms with E-state index >= 15 is 0 Å². The van der Waals surface area contributed by atoms with E-state index in [1.54, 1.807) is 12.1 Å². The van der Waals surface area contributed by atoms with Crippen molar-refractivity contribution in [2.75, 3.05) is 0 Å². The highest BCUT2D eigenvalue weighted by atomic mass is 16.5. The van der Waals surface area contributed by atoms with Gasteiger partial charge >= 0.3 is 5.97 Å². The molecule has 3 heteroatoms. The fourth-order valence-corrected chi connectivity index (χ4v) is 1.42. The Kier molecular flexibility index (Phi) is 4.76. The second kappa shape index (κ2) is 6.09. The van der Waals surface area contributed by atoms with Crippen LogP contribution < -0.4 is 4.74 Å². The molecule has 0 aromatic heterocycles. The quantitative estimate of drug-likeness (QED) is 0.375. The van der Waals surface area contributed by atoms with E-state index in [2.05, 4.69) is 13.8 Å². The molecule has 1 atom stereocenters. The Morgan fingerprint density at radius 3 is 2.47 bits per heavy atom. The maximum Gasteiger partial charge on any atom is 0.339 e. The molecule has 1 rings (SSSR count). The summed E-state index contributed by atoms with van der Waals surface area (Å²) < 4.78 is 5.02. The van der Waals surface area contributed by atoms with Crippen molar-refractivity contribution in [3.05, 3.63) is 41.7 Å². The monoisotopic (exact) mass is 234 g/mol. The minimum Gasteiger partial charge on any atom is -0.512 e. The van der Waals surface area contributed by atoms with Crippen LogP contribution in [0, 0.1) is 0 Å². The van der Waals surface area contributed by atoms with Gasteiger partial charge in [-0.25, -0.2) is 4.79 Å². The fraction of sp³-hybridized carbons (Fsp3) is 0.357. The van der Waals surface area contributed by atoms with Crippen molar-refractivity contribution in [1.29, 1.82) is 0 Å².